The first-order valence-corrected chi connectivity index (χ1v) is 7.88. The molecule has 1 aromatic carbocycles. The van der Waals surface area contributed by atoms with Gasteiger partial charge in [0.25, 0.3) is 0 Å². The van der Waals surface area contributed by atoms with Gasteiger partial charge in [-0.15, -0.1) is 0 Å². The van der Waals surface area contributed by atoms with Crippen LogP contribution in [0.15, 0.2) is 30.3 Å². The molecule has 1 heterocycles. The Labute approximate surface area is 123 Å². The van der Waals surface area contributed by atoms with Crippen molar-refractivity contribution < 1.29 is 4.74 Å². The normalized spacial score (nSPS) is 21.2. The summed E-state index contributed by atoms with van der Waals surface area (Å²) >= 11 is 0. The fourth-order valence-electron chi connectivity index (χ4n) is 2.93. The van der Waals surface area contributed by atoms with Crippen LogP contribution in [0.3, 0.4) is 0 Å². The second kappa shape index (κ2) is 8.40. The number of likely N-dealkylation sites (N-methyl/N-ethyl adjacent to an activating group) is 1. The molecule has 2 rings (SSSR count). The highest BCUT2D eigenvalue weighted by molar-refractivity contribution is 5.14. The van der Waals surface area contributed by atoms with E-state index in [-0.39, 0.29) is 0 Å². The summed E-state index contributed by atoms with van der Waals surface area (Å²) in [7, 11) is 2.00. The molecule has 112 valence electrons. The van der Waals surface area contributed by atoms with E-state index in [1.165, 1.54) is 12.0 Å². The van der Waals surface area contributed by atoms with E-state index in [0.717, 1.165) is 39.0 Å². The number of nitrogens with one attached hydrogen (secondary N) is 1. The molecule has 1 aliphatic heterocycles. The van der Waals surface area contributed by atoms with Gasteiger partial charge in [0.1, 0.15) is 0 Å². The van der Waals surface area contributed by atoms with Crippen LogP contribution in [0.25, 0.3) is 0 Å². The molecule has 0 amide bonds. The Balaban J connectivity index is 1.76. The van der Waals surface area contributed by atoms with Crippen LogP contribution in [0.4, 0.5) is 0 Å². The smallest absolute Gasteiger partial charge is 0.0718 e. The van der Waals surface area contributed by atoms with Crippen LogP contribution in [0.2, 0.25) is 0 Å². The summed E-state index contributed by atoms with van der Waals surface area (Å²) in [5.41, 5.74) is 1.40. The third-order valence-corrected chi connectivity index (χ3v) is 3.91. The molecule has 0 bridgehead atoms. The molecule has 0 radical (unpaired) electrons. The Morgan fingerprint density at radius 1 is 1.35 bits per heavy atom. The number of nitrogens with zero attached hydrogens (tertiary/aromatic N) is 1. The van der Waals surface area contributed by atoms with Gasteiger partial charge in [-0.2, -0.15) is 0 Å². The molecule has 0 saturated carbocycles. The van der Waals surface area contributed by atoms with Gasteiger partial charge in [-0.3, -0.25) is 4.90 Å². The zero-order valence-electron chi connectivity index (χ0n) is 12.8. The predicted octanol–water partition coefficient (Wildman–Crippen LogP) is 2.67. The molecule has 2 atom stereocenters. The second-order valence-corrected chi connectivity index (χ2v) is 5.74. The maximum Gasteiger partial charge on any atom is 0.0718 e. The molecule has 3 heteroatoms. The SMILES string of the molecule is CCCC(CNC)OC1CCN(Cc2ccccc2)C1. The lowest BCUT2D eigenvalue weighted by atomic mass is 10.2. The van der Waals surface area contributed by atoms with Crippen LogP contribution < -0.4 is 5.32 Å². The van der Waals surface area contributed by atoms with E-state index in [4.69, 9.17) is 4.74 Å². The first-order valence-electron chi connectivity index (χ1n) is 7.88. The van der Waals surface area contributed by atoms with Gasteiger partial charge in [0.15, 0.2) is 0 Å². The van der Waals surface area contributed by atoms with Crippen LogP contribution in [0.5, 0.6) is 0 Å². The van der Waals surface area contributed by atoms with Crippen molar-refractivity contribution in [3.05, 3.63) is 35.9 Å². The van der Waals surface area contributed by atoms with E-state index >= 15 is 0 Å². The highest BCUT2D eigenvalue weighted by Crippen LogP contribution is 2.18. The van der Waals surface area contributed by atoms with Crippen LogP contribution in [-0.2, 0) is 11.3 Å². The van der Waals surface area contributed by atoms with Gasteiger partial charge < -0.3 is 10.1 Å². The molecule has 1 N–H and O–H groups in total. The fraction of sp³-hybridized carbons (Fsp3) is 0.647. The van der Waals surface area contributed by atoms with Crippen molar-refractivity contribution in [3.63, 3.8) is 0 Å². The van der Waals surface area contributed by atoms with Gasteiger partial charge in [-0.05, 0) is 25.5 Å². The van der Waals surface area contributed by atoms with Crippen LogP contribution >= 0.6 is 0 Å². The quantitative estimate of drug-likeness (QED) is 0.790. The average molecular weight is 276 g/mol. The number of hydrogen-bond acceptors (Lipinski definition) is 3. The molecular weight excluding hydrogens is 248 g/mol. The number of likely N-dealkylation sites (tertiary alicyclic amines) is 1. The number of benzene rings is 1. The fourth-order valence-corrected chi connectivity index (χ4v) is 2.93. The van der Waals surface area contributed by atoms with Gasteiger partial charge in [0, 0.05) is 26.2 Å². The molecule has 0 aliphatic carbocycles. The van der Waals surface area contributed by atoms with Crippen LogP contribution in [-0.4, -0.2) is 43.8 Å². The maximum absolute atomic E-state index is 6.26. The summed E-state index contributed by atoms with van der Waals surface area (Å²) < 4.78 is 6.26. The highest BCUT2D eigenvalue weighted by atomic mass is 16.5. The number of rotatable bonds is 8. The molecule has 3 nitrogen and oxygen atoms in total. The first kappa shape index (κ1) is 15.5. The van der Waals surface area contributed by atoms with Crippen molar-refractivity contribution >= 4 is 0 Å². The molecule has 1 saturated heterocycles. The molecule has 2 unspecified atom stereocenters. The van der Waals surface area contributed by atoms with Crippen LogP contribution in [0.1, 0.15) is 31.7 Å². The maximum atomic E-state index is 6.26. The van der Waals surface area contributed by atoms with Crippen molar-refractivity contribution in [2.24, 2.45) is 0 Å². The first-order chi connectivity index (χ1) is 9.81. The van der Waals surface area contributed by atoms with Gasteiger partial charge in [0.05, 0.1) is 12.2 Å². The lowest BCUT2D eigenvalue weighted by Crippen LogP contribution is -2.32. The van der Waals surface area contributed by atoms with E-state index < -0.39 is 0 Å². The lowest BCUT2D eigenvalue weighted by molar-refractivity contribution is -0.00933. The minimum atomic E-state index is 0.367. The molecule has 0 aromatic heterocycles. The van der Waals surface area contributed by atoms with Crippen molar-refractivity contribution in [1.29, 1.82) is 0 Å². The van der Waals surface area contributed by atoms with Crippen LogP contribution in [0, 0.1) is 0 Å². The number of ether oxygens (including phenoxy) is 1. The van der Waals surface area contributed by atoms with Crippen molar-refractivity contribution in [2.75, 3.05) is 26.7 Å². The third-order valence-electron chi connectivity index (χ3n) is 3.91. The zero-order chi connectivity index (χ0) is 14.2. The predicted molar refractivity (Wildman–Crippen MR) is 83.8 cm³/mol. The molecule has 0 spiro atoms. The van der Waals surface area contributed by atoms with Gasteiger partial charge in [-0.25, -0.2) is 0 Å². The standard InChI is InChI=1S/C17H28N2O/c1-3-7-16(12-18-2)20-17-10-11-19(14-17)13-15-8-5-4-6-9-15/h4-6,8-9,16-18H,3,7,10-14H2,1-2H3. The van der Waals surface area contributed by atoms with E-state index in [1.807, 2.05) is 7.05 Å². The molecule has 1 aliphatic rings. The third kappa shape index (κ3) is 4.89. The van der Waals surface area contributed by atoms with Gasteiger partial charge >= 0.3 is 0 Å². The Bertz CT molecular complexity index is 363. The van der Waals surface area contributed by atoms with E-state index in [0.29, 0.717) is 12.2 Å². The molecule has 20 heavy (non-hydrogen) atoms. The zero-order valence-corrected chi connectivity index (χ0v) is 12.8. The Morgan fingerprint density at radius 2 is 2.15 bits per heavy atom. The summed E-state index contributed by atoms with van der Waals surface area (Å²) in [6.07, 6.45) is 4.27. The summed E-state index contributed by atoms with van der Waals surface area (Å²) in [6.45, 7) is 6.45. The molecule has 1 fully saturated rings. The Morgan fingerprint density at radius 3 is 2.85 bits per heavy atom. The molecule has 1 aromatic rings. The van der Waals surface area contributed by atoms with Crippen molar-refractivity contribution in [3.8, 4) is 0 Å². The summed E-state index contributed by atoms with van der Waals surface area (Å²) in [5.74, 6) is 0. The lowest BCUT2D eigenvalue weighted by Gasteiger charge is -2.22. The van der Waals surface area contributed by atoms with Gasteiger partial charge in [0.2, 0.25) is 0 Å². The minimum absolute atomic E-state index is 0.367. The minimum Gasteiger partial charge on any atom is -0.372 e. The van der Waals surface area contributed by atoms with E-state index in [2.05, 4.69) is 47.5 Å². The van der Waals surface area contributed by atoms with E-state index in [1.54, 1.807) is 0 Å². The number of hydrogen-bond donors (Lipinski definition) is 1. The second-order valence-electron chi connectivity index (χ2n) is 5.74. The van der Waals surface area contributed by atoms with Crippen molar-refractivity contribution in [2.45, 2.75) is 44.9 Å². The summed E-state index contributed by atoms with van der Waals surface area (Å²) in [6, 6.07) is 10.7. The Hall–Kier alpha value is -0.900. The monoisotopic (exact) mass is 276 g/mol. The summed E-state index contributed by atoms with van der Waals surface area (Å²) in [5, 5.41) is 3.24. The largest absolute Gasteiger partial charge is 0.372 e. The average Bonchev–Trinajstić information content (AvgIpc) is 2.88. The van der Waals surface area contributed by atoms with Crippen molar-refractivity contribution in [1.82, 2.24) is 10.2 Å². The summed E-state index contributed by atoms with van der Waals surface area (Å²) in [4.78, 5) is 2.50. The topological polar surface area (TPSA) is 24.5 Å². The highest BCUT2D eigenvalue weighted by Gasteiger charge is 2.25. The molecular formula is C17H28N2O. The van der Waals surface area contributed by atoms with E-state index in [9.17, 15) is 0 Å². The van der Waals surface area contributed by atoms with Gasteiger partial charge in [-0.1, -0.05) is 43.7 Å². The Kier molecular flexibility index (Phi) is 6.51.